The molecule has 1 fully saturated rings. The van der Waals surface area contributed by atoms with Crippen molar-refractivity contribution in [1.29, 1.82) is 0 Å². The van der Waals surface area contributed by atoms with Gasteiger partial charge >= 0.3 is 5.97 Å². The normalized spacial score (nSPS) is 16.0. The summed E-state index contributed by atoms with van der Waals surface area (Å²) in [6.45, 7) is 0.767. The fraction of sp³-hybridized carbons (Fsp3) is 0.333. The number of hydrogen-bond donors (Lipinski definition) is 0. The van der Waals surface area contributed by atoms with Gasteiger partial charge in [-0.05, 0) is 37.1 Å². The minimum absolute atomic E-state index is 0.0451. The SMILES string of the molecule is COc1cccc(C(=O)COC(=O)c2ccccc2OC[C@H]2CCCO2)c1. The van der Waals surface area contributed by atoms with Crippen LogP contribution in [0.5, 0.6) is 11.5 Å². The van der Waals surface area contributed by atoms with Gasteiger partial charge in [-0.3, -0.25) is 4.79 Å². The predicted octanol–water partition coefficient (Wildman–Crippen LogP) is 3.29. The quantitative estimate of drug-likeness (QED) is 0.525. The molecular formula is C21H22O6. The number of ether oxygens (including phenoxy) is 4. The van der Waals surface area contributed by atoms with Crippen molar-refractivity contribution >= 4 is 11.8 Å². The van der Waals surface area contributed by atoms with Crippen LogP contribution in [-0.2, 0) is 9.47 Å². The Labute approximate surface area is 158 Å². The van der Waals surface area contributed by atoms with Crippen LogP contribution in [0.1, 0.15) is 33.6 Å². The van der Waals surface area contributed by atoms with Crippen LogP contribution in [0.3, 0.4) is 0 Å². The molecule has 1 atom stereocenters. The molecular weight excluding hydrogens is 348 g/mol. The van der Waals surface area contributed by atoms with Crippen LogP contribution in [-0.4, -0.2) is 44.8 Å². The Morgan fingerprint density at radius 2 is 2.00 bits per heavy atom. The van der Waals surface area contributed by atoms with Gasteiger partial charge in [0.1, 0.15) is 23.7 Å². The number of ketones is 1. The smallest absolute Gasteiger partial charge is 0.342 e. The van der Waals surface area contributed by atoms with E-state index in [4.69, 9.17) is 18.9 Å². The van der Waals surface area contributed by atoms with E-state index < -0.39 is 5.97 Å². The Morgan fingerprint density at radius 3 is 2.78 bits per heavy atom. The summed E-state index contributed by atoms with van der Waals surface area (Å²) in [5.41, 5.74) is 0.707. The van der Waals surface area contributed by atoms with E-state index in [-0.39, 0.29) is 24.1 Å². The number of carbonyl (C=O) groups excluding carboxylic acids is 2. The van der Waals surface area contributed by atoms with E-state index in [1.54, 1.807) is 48.5 Å². The number of hydrogen-bond acceptors (Lipinski definition) is 6. The first kappa shape index (κ1) is 18.9. The lowest BCUT2D eigenvalue weighted by molar-refractivity contribution is 0.0459. The topological polar surface area (TPSA) is 71.1 Å². The molecule has 142 valence electrons. The van der Waals surface area contributed by atoms with Crippen molar-refractivity contribution in [1.82, 2.24) is 0 Å². The number of Topliss-reactive ketones (excluding diaryl/α,β-unsaturated/α-hetero) is 1. The van der Waals surface area contributed by atoms with Gasteiger partial charge in [0.15, 0.2) is 12.4 Å². The number of esters is 1. The summed E-state index contributed by atoms with van der Waals surface area (Å²) in [5.74, 6) is 0.0843. The van der Waals surface area contributed by atoms with Crippen molar-refractivity contribution in [3.8, 4) is 11.5 Å². The van der Waals surface area contributed by atoms with Crippen molar-refractivity contribution in [2.75, 3.05) is 26.9 Å². The van der Waals surface area contributed by atoms with Gasteiger partial charge in [0.25, 0.3) is 0 Å². The van der Waals surface area contributed by atoms with Crippen molar-refractivity contribution in [3.63, 3.8) is 0 Å². The fourth-order valence-electron chi connectivity index (χ4n) is 2.81. The Bertz CT molecular complexity index is 795. The summed E-state index contributed by atoms with van der Waals surface area (Å²) < 4.78 is 21.6. The molecule has 0 radical (unpaired) electrons. The molecule has 0 bridgehead atoms. The Kier molecular flexibility index (Phi) is 6.44. The standard InChI is InChI=1S/C21H22O6/c1-24-16-7-4-6-15(12-16)19(22)14-27-21(23)18-9-2-3-10-20(18)26-13-17-8-5-11-25-17/h2-4,6-7,9-10,12,17H,5,8,11,13-14H2,1H3/t17-/m1/s1. The maximum atomic E-state index is 12.4. The molecule has 2 aromatic carbocycles. The Morgan fingerprint density at radius 1 is 1.15 bits per heavy atom. The molecule has 0 N–H and O–H groups in total. The van der Waals surface area contributed by atoms with E-state index in [0.717, 1.165) is 19.4 Å². The predicted molar refractivity (Wildman–Crippen MR) is 98.5 cm³/mol. The van der Waals surface area contributed by atoms with E-state index in [0.29, 0.717) is 23.7 Å². The van der Waals surface area contributed by atoms with Crippen LogP contribution in [0.25, 0.3) is 0 Å². The van der Waals surface area contributed by atoms with Crippen LogP contribution >= 0.6 is 0 Å². The summed E-state index contributed by atoms with van der Waals surface area (Å²) in [6, 6.07) is 13.5. The highest BCUT2D eigenvalue weighted by molar-refractivity contribution is 6.00. The summed E-state index contributed by atoms with van der Waals surface area (Å²) in [5, 5.41) is 0. The molecule has 2 aromatic rings. The molecule has 27 heavy (non-hydrogen) atoms. The summed E-state index contributed by atoms with van der Waals surface area (Å²) in [7, 11) is 1.52. The first-order valence-electron chi connectivity index (χ1n) is 8.85. The third-order valence-electron chi connectivity index (χ3n) is 4.28. The second-order valence-corrected chi connectivity index (χ2v) is 6.17. The Balaban J connectivity index is 1.59. The molecule has 6 nitrogen and oxygen atoms in total. The highest BCUT2D eigenvalue weighted by Crippen LogP contribution is 2.21. The van der Waals surface area contributed by atoms with E-state index >= 15 is 0 Å². The average Bonchev–Trinajstić information content (AvgIpc) is 3.24. The number of benzene rings is 2. The summed E-state index contributed by atoms with van der Waals surface area (Å²) in [6.07, 6.45) is 2.01. The van der Waals surface area contributed by atoms with Crippen LogP contribution in [0, 0.1) is 0 Å². The fourth-order valence-corrected chi connectivity index (χ4v) is 2.81. The first-order valence-corrected chi connectivity index (χ1v) is 8.85. The number of rotatable bonds is 8. The van der Waals surface area contributed by atoms with E-state index in [1.807, 2.05) is 0 Å². The van der Waals surface area contributed by atoms with E-state index in [1.165, 1.54) is 7.11 Å². The molecule has 0 aliphatic carbocycles. The molecule has 3 rings (SSSR count). The van der Waals surface area contributed by atoms with Crippen molar-refractivity contribution < 1.29 is 28.5 Å². The van der Waals surface area contributed by atoms with Crippen LogP contribution in [0.15, 0.2) is 48.5 Å². The van der Waals surface area contributed by atoms with E-state index in [9.17, 15) is 9.59 Å². The van der Waals surface area contributed by atoms with Gasteiger partial charge in [-0.15, -0.1) is 0 Å². The lowest BCUT2D eigenvalue weighted by Gasteiger charge is -2.14. The average molecular weight is 370 g/mol. The molecule has 1 aliphatic rings. The maximum Gasteiger partial charge on any atom is 0.342 e. The molecule has 0 saturated carbocycles. The number of carbonyl (C=O) groups is 2. The second kappa shape index (κ2) is 9.19. The van der Waals surface area contributed by atoms with Gasteiger partial charge < -0.3 is 18.9 Å². The Hall–Kier alpha value is -2.86. The minimum atomic E-state index is -0.603. The van der Waals surface area contributed by atoms with Gasteiger partial charge in [-0.25, -0.2) is 4.79 Å². The molecule has 0 amide bonds. The molecule has 1 saturated heterocycles. The summed E-state index contributed by atoms with van der Waals surface area (Å²) in [4.78, 5) is 24.7. The minimum Gasteiger partial charge on any atom is -0.497 e. The zero-order valence-corrected chi connectivity index (χ0v) is 15.2. The van der Waals surface area contributed by atoms with Crippen molar-refractivity contribution in [2.24, 2.45) is 0 Å². The molecule has 1 aliphatic heterocycles. The van der Waals surface area contributed by atoms with Crippen LogP contribution < -0.4 is 9.47 Å². The van der Waals surface area contributed by atoms with Gasteiger partial charge in [0.05, 0.1) is 13.2 Å². The van der Waals surface area contributed by atoms with Crippen LogP contribution in [0.2, 0.25) is 0 Å². The van der Waals surface area contributed by atoms with Gasteiger partial charge in [-0.2, -0.15) is 0 Å². The third-order valence-corrected chi connectivity index (χ3v) is 4.28. The third kappa shape index (κ3) is 5.08. The van der Waals surface area contributed by atoms with E-state index in [2.05, 4.69) is 0 Å². The molecule has 0 aromatic heterocycles. The number of methoxy groups -OCH3 is 1. The molecule has 0 spiro atoms. The summed E-state index contributed by atoms with van der Waals surface area (Å²) >= 11 is 0. The first-order chi connectivity index (χ1) is 13.2. The monoisotopic (exact) mass is 370 g/mol. The lowest BCUT2D eigenvalue weighted by Crippen LogP contribution is -2.19. The highest BCUT2D eigenvalue weighted by Gasteiger charge is 2.19. The van der Waals surface area contributed by atoms with Gasteiger partial charge in [0.2, 0.25) is 0 Å². The second-order valence-electron chi connectivity index (χ2n) is 6.17. The zero-order chi connectivity index (χ0) is 19.1. The van der Waals surface area contributed by atoms with Crippen LogP contribution in [0.4, 0.5) is 0 Å². The van der Waals surface area contributed by atoms with Crippen molar-refractivity contribution in [2.45, 2.75) is 18.9 Å². The zero-order valence-electron chi connectivity index (χ0n) is 15.2. The van der Waals surface area contributed by atoms with Gasteiger partial charge in [0, 0.05) is 12.2 Å². The number of para-hydroxylation sites is 1. The largest absolute Gasteiger partial charge is 0.497 e. The van der Waals surface area contributed by atoms with Gasteiger partial charge in [-0.1, -0.05) is 24.3 Å². The van der Waals surface area contributed by atoms with Crippen molar-refractivity contribution in [3.05, 3.63) is 59.7 Å². The lowest BCUT2D eigenvalue weighted by atomic mass is 10.1. The molecule has 1 heterocycles. The maximum absolute atomic E-state index is 12.4. The molecule has 6 heteroatoms. The highest BCUT2D eigenvalue weighted by atomic mass is 16.5. The molecule has 0 unspecified atom stereocenters.